The second-order valence-corrected chi connectivity index (χ2v) is 7.96. The second-order valence-electron chi connectivity index (χ2n) is 7.96. The van der Waals surface area contributed by atoms with Crippen molar-refractivity contribution in [2.45, 2.75) is 25.7 Å². The molecule has 0 nitrogen and oxygen atoms in total. The van der Waals surface area contributed by atoms with Crippen molar-refractivity contribution >= 4 is 5.57 Å². The summed E-state index contributed by atoms with van der Waals surface area (Å²) in [7, 11) is 0. The molecule has 0 saturated carbocycles. The Bertz CT molecular complexity index is 1010. The van der Waals surface area contributed by atoms with Gasteiger partial charge in [0.1, 0.15) is 0 Å². The van der Waals surface area contributed by atoms with E-state index in [0.717, 1.165) is 6.42 Å². The molecule has 0 spiro atoms. The summed E-state index contributed by atoms with van der Waals surface area (Å²) in [6, 6.07) is 29.1. The Balaban J connectivity index is 1.94. The molecular weight excluding hydrogens is 324 g/mol. The summed E-state index contributed by atoms with van der Waals surface area (Å²) in [5, 5.41) is 0. The molecule has 2 aliphatic rings. The van der Waals surface area contributed by atoms with Crippen LogP contribution in [0.2, 0.25) is 0 Å². The monoisotopic (exact) mass is 348 g/mol. The molecule has 5 rings (SSSR count). The number of benzene rings is 3. The van der Waals surface area contributed by atoms with E-state index >= 15 is 0 Å². The van der Waals surface area contributed by atoms with Crippen molar-refractivity contribution in [3.8, 4) is 0 Å². The fraction of sp³-hybridized carbons (Fsp3) is 0.185. The highest BCUT2D eigenvalue weighted by Crippen LogP contribution is 2.57. The smallest absolute Gasteiger partial charge is 0.0676 e. The first kappa shape index (κ1) is 16.3. The Morgan fingerprint density at radius 2 is 1.44 bits per heavy atom. The van der Waals surface area contributed by atoms with Crippen molar-refractivity contribution in [2.24, 2.45) is 5.92 Å². The van der Waals surface area contributed by atoms with Gasteiger partial charge in [-0.05, 0) is 52.7 Å². The SMILES string of the molecule is Cc1ccc2c(c1)C(c1ccccc1)(c1ccccc1)C1=C2C=CC(C)C1. The lowest BCUT2D eigenvalue weighted by Crippen LogP contribution is -2.31. The standard InChI is InChI=1S/C27H24/c1-19-13-15-23-24-16-14-20(2)18-26(24)27(25(23)17-19,21-9-5-3-6-10-21)22-11-7-4-8-12-22/h3-17,20H,18H2,1-2H3. The van der Waals surface area contributed by atoms with Crippen molar-refractivity contribution < 1.29 is 0 Å². The lowest BCUT2D eigenvalue weighted by molar-refractivity contribution is 0.622. The Kier molecular flexibility index (Phi) is 3.68. The highest BCUT2D eigenvalue weighted by molar-refractivity contribution is 5.90. The van der Waals surface area contributed by atoms with Crippen molar-refractivity contribution in [1.82, 2.24) is 0 Å². The van der Waals surface area contributed by atoms with Crippen LogP contribution in [0.5, 0.6) is 0 Å². The molecule has 0 fully saturated rings. The van der Waals surface area contributed by atoms with Crippen molar-refractivity contribution in [2.75, 3.05) is 0 Å². The van der Waals surface area contributed by atoms with E-state index < -0.39 is 0 Å². The molecule has 1 atom stereocenters. The molecule has 0 radical (unpaired) electrons. The van der Waals surface area contributed by atoms with Crippen LogP contribution in [0.25, 0.3) is 5.57 Å². The van der Waals surface area contributed by atoms with Gasteiger partial charge in [0.15, 0.2) is 0 Å². The molecular formula is C27H24. The number of allylic oxidation sites excluding steroid dienone is 4. The van der Waals surface area contributed by atoms with Gasteiger partial charge in [-0.15, -0.1) is 0 Å². The van der Waals surface area contributed by atoms with Crippen molar-refractivity contribution in [3.05, 3.63) is 124 Å². The molecule has 3 aromatic carbocycles. The van der Waals surface area contributed by atoms with E-state index in [4.69, 9.17) is 0 Å². The number of aryl methyl sites for hydroxylation is 1. The predicted octanol–water partition coefficient (Wildman–Crippen LogP) is 6.69. The zero-order valence-corrected chi connectivity index (χ0v) is 15.9. The van der Waals surface area contributed by atoms with Crippen LogP contribution in [0, 0.1) is 12.8 Å². The van der Waals surface area contributed by atoms with Gasteiger partial charge < -0.3 is 0 Å². The minimum atomic E-state index is -0.196. The molecule has 1 unspecified atom stereocenters. The average molecular weight is 348 g/mol. The van der Waals surface area contributed by atoms with Gasteiger partial charge in [0.25, 0.3) is 0 Å². The number of rotatable bonds is 2. The Labute approximate surface area is 161 Å². The van der Waals surface area contributed by atoms with Gasteiger partial charge >= 0.3 is 0 Å². The molecule has 132 valence electrons. The van der Waals surface area contributed by atoms with Crippen LogP contribution in [0.1, 0.15) is 41.2 Å². The molecule has 0 heteroatoms. The Morgan fingerprint density at radius 3 is 2.07 bits per heavy atom. The summed E-state index contributed by atoms with van der Waals surface area (Å²) in [6.45, 7) is 4.53. The minimum absolute atomic E-state index is 0.196. The largest absolute Gasteiger partial charge is 0.0808 e. The summed E-state index contributed by atoms with van der Waals surface area (Å²) in [5.74, 6) is 0.561. The van der Waals surface area contributed by atoms with Crippen LogP contribution < -0.4 is 0 Å². The summed E-state index contributed by atoms with van der Waals surface area (Å²) in [6.07, 6.45) is 5.84. The molecule has 0 amide bonds. The zero-order valence-electron chi connectivity index (χ0n) is 15.9. The van der Waals surface area contributed by atoms with Crippen molar-refractivity contribution in [3.63, 3.8) is 0 Å². The second kappa shape index (κ2) is 6.09. The van der Waals surface area contributed by atoms with Crippen LogP contribution >= 0.6 is 0 Å². The molecule has 27 heavy (non-hydrogen) atoms. The van der Waals surface area contributed by atoms with Gasteiger partial charge in [-0.25, -0.2) is 0 Å². The molecule has 0 aromatic heterocycles. The number of hydrogen-bond acceptors (Lipinski definition) is 0. The van der Waals surface area contributed by atoms with Crippen LogP contribution in [-0.2, 0) is 5.41 Å². The molecule has 3 aromatic rings. The molecule has 2 aliphatic carbocycles. The molecule has 0 heterocycles. The first-order valence-corrected chi connectivity index (χ1v) is 9.85. The molecule has 0 aliphatic heterocycles. The third-order valence-electron chi connectivity index (χ3n) is 6.18. The fourth-order valence-corrected chi connectivity index (χ4v) is 5.04. The first-order chi connectivity index (χ1) is 13.2. The van der Waals surface area contributed by atoms with E-state index in [0.29, 0.717) is 5.92 Å². The highest BCUT2D eigenvalue weighted by Gasteiger charge is 2.47. The van der Waals surface area contributed by atoms with Crippen LogP contribution in [-0.4, -0.2) is 0 Å². The maximum atomic E-state index is 2.41. The summed E-state index contributed by atoms with van der Waals surface area (Å²) < 4.78 is 0. The third-order valence-corrected chi connectivity index (χ3v) is 6.18. The molecule has 0 N–H and O–H groups in total. The highest BCUT2D eigenvalue weighted by atomic mass is 14.5. The number of hydrogen-bond donors (Lipinski definition) is 0. The van der Waals surface area contributed by atoms with Gasteiger partial charge in [0.05, 0.1) is 5.41 Å². The van der Waals surface area contributed by atoms with Gasteiger partial charge in [-0.3, -0.25) is 0 Å². The molecule has 0 saturated heterocycles. The van der Waals surface area contributed by atoms with Gasteiger partial charge in [-0.1, -0.05) is 104 Å². The van der Waals surface area contributed by atoms with Crippen LogP contribution in [0.3, 0.4) is 0 Å². The van der Waals surface area contributed by atoms with Gasteiger partial charge in [-0.2, -0.15) is 0 Å². The fourth-order valence-electron chi connectivity index (χ4n) is 5.04. The lowest BCUT2D eigenvalue weighted by atomic mass is 9.64. The summed E-state index contributed by atoms with van der Waals surface area (Å²) in [5.41, 5.74) is 9.67. The normalized spacial score (nSPS) is 19.7. The summed E-state index contributed by atoms with van der Waals surface area (Å²) >= 11 is 0. The van der Waals surface area contributed by atoms with Gasteiger partial charge in [0, 0.05) is 0 Å². The Morgan fingerprint density at radius 1 is 0.815 bits per heavy atom. The zero-order chi connectivity index (χ0) is 18.4. The molecule has 0 bridgehead atoms. The summed E-state index contributed by atoms with van der Waals surface area (Å²) in [4.78, 5) is 0. The Hall–Kier alpha value is -2.86. The number of fused-ring (bicyclic) bond motifs is 2. The van der Waals surface area contributed by atoms with E-state index in [2.05, 4.69) is 105 Å². The van der Waals surface area contributed by atoms with Crippen LogP contribution in [0.15, 0.2) is 96.6 Å². The van der Waals surface area contributed by atoms with E-state index in [1.54, 1.807) is 5.57 Å². The first-order valence-electron chi connectivity index (χ1n) is 9.85. The van der Waals surface area contributed by atoms with E-state index in [-0.39, 0.29) is 5.41 Å². The quantitative estimate of drug-likeness (QED) is 0.484. The van der Waals surface area contributed by atoms with Crippen molar-refractivity contribution in [1.29, 1.82) is 0 Å². The lowest BCUT2D eigenvalue weighted by Gasteiger charge is -2.37. The maximum Gasteiger partial charge on any atom is 0.0676 e. The maximum absolute atomic E-state index is 2.41. The minimum Gasteiger partial charge on any atom is -0.0808 e. The van der Waals surface area contributed by atoms with Gasteiger partial charge in [0.2, 0.25) is 0 Å². The van der Waals surface area contributed by atoms with E-state index in [1.807, 2.05) is 0 Å². The average Bonchev–Trinajstić information content (AvgIpc) is 2.99. The predicted molar refractivity (Wildman–Crippen MR) is 114 cm³/mol. The van der Waals surface area contributed by atoms with Crippen LogP contribution in [0.4, 0.5) is 0 Å². The topological polar surface area (TPSA) is 0 Å². The van der Waals surface area contributed by atoms with E-state index in [9.17, 15) is 0 Å². The van der Waals surface area contributed by atoms with E-state index in [1.165, 1.54) is 33.4 Å². The third kappa shape index (κ3) is 2.29.